The smallest absolute Gasteiger partial charge is 0.129 e. The van der Waals surface area contributed by atoms with Crippen molar-refractivity contribution in [1.82, 2.24) is 5.32 Å². The Labute approximate surface area is 187 Å². The molecule has 0 spiro atoms. The summed E-state index contributed by atoms with van der Waals surface area (Å²) >= 11 is 5.39. The monoisotopic (exact) mass is 430 g/mol. The van der Waals surface area contributed by atoms with Crippen LogP contribution in [-0.2, 0) is 10.3 Å². The standard InChI is InChI=1S/C26H23FN2OS/c27-23-14-13-21(15-22(23)26(20-11-12-20)17-30-16-24(31)29-26)28-25(18-7-3-1-4-8-18)19-9-5-2-6-10-19/h1-10,13-15,20H,11-12,16-17H2,(H,29,31). The van der Waals surface area contributed by atoms with E-state index in [4.69, 9.17) is 21.9 Å². The Balaban J connectivity index is 1.62. The Kier molecular flexibility index (Phi) is 5.38. The minimum absolute atomic E-state index is 0.257. The maximum Gasteiger partial charge on any atom is 0.129 e. The van der Waals surface area contributed by atoms with E-state index in [9.17, 15) is 0 Å². The molecule has 3 nitrogen and oxygen atoms in total. The van der Waals surface area contributed by atoms with Gasteiger partial charge in [0.25, 0.3) is 0 Å². The zero-order chi connectivity index (χ0) is 21.3. The fourth-order valence-corrected chi connectivity index (χ4v) is 4.59. The molecule has 3 aromatic rings. The van der Waals surface area contributed by atoms with Gasteiger partial charge in [-0.05, 0) is 37.0 Å². The van der Waals surface area contributed by atoms with Gasteiger partial charge in [0.15, 0.2) is 0 Å². The number of nitrogens with one attached hydrogen (secondary N) is 1. The van der Waals surface area contributed by atoms with Crippen molar-refractivity contribution in [3.05, 3.63) is 101 Å². The van der Waals surface area contributed by atoms with Gasteiger partial charge in [0.2, 0.25) is 0 Å². The molecule has 5 rings (SSSR count). The van der Waals surface area contributed by atoms with E-state index in [0.717, 1.165) is 29.7 Å². The van der Waals surface area contributed by atoms with E-state index >= 15 is 4.39 Å². The molecule has 5 heteroatoms. The van der Waals surface area contributed by atoms with Gasteiger partial charge in [-0.25, -0.2) is 9.38 Å². The quantitative estimate of drug-likeness (QED) is 0.426. The molecular formula is C26H23FN2OS. The number of benzene rings is 3. The highest BCUT2D eigenvalue weighted by Crippen LogP contribution is 2.48. The van der Waals surface area contributed by atoms with Gasteiger partial charge in [-0.1, -0.05) is 72.9 Å². The molecule has 0 bridgehead atoms. The van der Waals surface area contributed by atoms with E-state index in [0.29, 0.717) is 35.4 Å². The van der Waals surface area contributed by atoms with Crippen molar-refractivity contribution in [3.8, 4) is 0 Å². The summed E-state index contributed by atoms with van der Waals surface area (Å²) in [4.78, 5) is 5.60. The summed E-state index contributed by atoms with van der Waals surface area (Å²) in [5.41, 5.74) is 3.54. The van der Waals surface area contributed by atoms with Crippen LogP contribution >= 0.6 is 12.2 Å². The molecule has 0 amide bonds. The first-order valence-corrected chi connectivity index (χ1v) is 10.9. The van der Waals surface area contributed by atoms with E-state index in [-0.39, 0.29) is 5.82 Å². The third-order valence-corrected chi connectivity index (χ3v) is 6.19. The van der Waals surface area contributed by atoms with E-state index in [1.165, 1.54) is 6.07 Å². The maximum atomic E-state index is 15.1. The van der Waals surface area contributed by atoms with Crippen LogP contribution in [0.1, 0.15) is 29.5 Å². The largest absolute Gasteiger partial charge is 0.372 e. The molecule has 1 aliphatic carbocycles. The minimum Gasteiger partial charge on any atom is -0.372 e. The highest BCUT2D eigenvalue weighted by Gasteiger charge is 2.50. The molecule has 1 atom stereocenters. The highest BCUT2D eigenvalue weighted by atomic mass is 32.1. The summed E-state index contributed by atoms with van der Waals surface area (Å²) in [6, 6.07) is 25.2. The lowest BCUT2D eigenvalue weighted by molar-refractivity contribution is 0.0640. The van der Waals surface area contributed by atoms with E-state index < -0.39 is 5.54 Å². The normalized spacial score (nSPS) is 20.7. The second-order valence-electron chi connectivity index (χ2n) is 8.14. The Bertz CT molecular complexity index is 1090. The van der Waals surface area contributed by atoms with E-state index in [1.807, 2.05) is 66.7 Å². The molecule has 1 saturated carbocycles. The third-order valence-electron chi connectivity index (χ3n) is 5.97. The molecule has 2 fully saturated rings. The van der Waals surface area contributed by atoms with Gasteiger partial charge >= 0.3 is 0 Å². The molecule has 0 aromatic heterocycles. The molecule has 1 heterocycles. The van der Waals surface area contributed by atoms with Crippen molar-refractivity contribution >= 4 is 28.6 Å². The SMILES string of the molecule is Fc1ccc(N=C(c2ccccc2)c2ccccc2)cc1C1(C2CC2)COCC(=S)N1. The van der Waals surface area contributed by atoms with Crippen molar-refractivity contribution in [2.45, 2.75) is 18.4 Å². The van der Waals surface area contributed by atoms with Gasteiger partial charge in [-0.15, -0.1) is 0 Å². The number of aliphatic imine (C=N–C) groups is 1. The van der Waals surface area contributed by atoms with Gasteiger partial charge in [-0.2, -0.15) is 0 Å². The lowest BCUT2D eigenvalue weighted by Crippen LogP contribution is -2.56. The number of halogens is 1. The first-order chi connectivity index (χ1) is 15.2. The number of ether oxygens (including phenoxy) is 1. The lowest BCUT2D eigenvalue weighted by Gasteiger charge is -2.40. The summed E-state index contributed by atoms with van der Waals surface area (Å²) in [6.07, 6.45) is 2.07. The lowest BCUT2D eigenvalue weighted by atomic mass is 9.84. The summed E-state index contributed by atoms with van der Waals surface area (Å²) in [5, 5.41) is 3.41. The van der Waals surface area contributed by atoms with Crippen LogP contribution in [-0.4, -0.2) is 23.9 Å². The number of morpholine rings is 1. The summed E-state index contributed by atoms with van der Waals surface area (Å²) < 4.78 is 20.9. The summed E-state index contributed by atoms with van der Waals surface area (Å²) in [6.45, 7) is 0.793. The first-order valence-electron chi connectivity index (χ1n) is 10.5. The molecule has 1 N–H and O–H groups in total. The third kappa shape index (κ3) is 4.03. The molecule has 156 valence electrons. The van der Waals surface area contributed by atoms with E-state index in [1.54, 1.807) is 6.07 Å². The Morgan fingerprint density at radius 2 is 1.61 bits per heavy atom. The molecule has 1 saturated heterocycles. The molecule has 0 radical (unpaired) electrons. The Morgan fingerprint density at radius 1 is 0.968 bits per heavy atom. The maximum absolute atomic E-state index is 15.1. The average Bonchev–Trinajstić information content (AvgIpc) is 3.66. The number of thiocarbonyl (C=S) groups is 1. The predicted molar refractivity (Wildman–Crippen MR) is 126 cm³/mol. The highest BCUT2D eigenvalue weighted by molar-refractivity contribution is 7.80. The first kappa shape index (κ1) is 20.0. The summed E-state index contributed by atoms with van der Waals surface area (Å²) in [7, 11) is 0. The van der Waals surface area contributed by atoms with Crippen molar-refractivity contribution in [3.63, 3.8) is 0 Å². The molecular weight excluding hydrogens is 407 g/mol. The van der Waals surface area contributed by atoms with Crippen LogP contribution in [0.25, 0.3) is 0 Å². The number of hydrogen-bond donors (Lipinski definition) is 1. The van der Waals surface area contributed by atoms with Gasteiger partial charge in [0.05, 0.1) is 30.2 Å². The zero-order valence-electron chi connectivity index (χ0n) is 17.1. The topological polar surface area (TPSA) is 33.6 Å². The molecule has 31 heavy (non-hydrogen) atoms. The van der Waals surface area contributed by atoms with Crippen LogP contribution in [0.3, 0.4) is 0 Å². The van der Waals surface area contributed by atoms with Crippen LogP contribution < -0.4 is 5.32 Å². The van der Waals surface area contributed by atoms with Crippen molar-refractivity contribution in [2.75, 3.05) is 13.2 Å². The van der Waals surface area contributed by atoms with Crippen LogP contribution in [0.5, 0.6) is 0 Å². The Hall–Kier alpha value is -2.89. The molecule has 1 aliphatic heterocycles. The number of rotatable bonds is 5. The van der Waals surface area contributed by atoms with Gasteiger partial charge in [0, 0.05) is 16.7 Å². The summed E-state index contributed by atoms with van der Waals surface area (Å²) in [5.74, 6) is 0.0508. The number of hydrogen-bond acceptors (Lipinski definition) is 3. The molecule has 3 aromatic carbocycles. The zero-order valence-corrected chi connectivity index (χ0v) is 17.9. The van der Waals surface area contributed by atoms with Crippen molar-refractivity contribution in [2.24, 2.45) is 10.9 Å². The van der Waals surface area contributed by atoms with Gasteiger partial charge in [0.1, 0.15) is 10.8 Å². The van der Waals surface area contributed by atoms with E-state index in [2.05, 4.69) is 5.32 Å². The van der Waals surface area contributed by atoms with Crippen molar-refractivity contribution in [1.29, 1.82) is 0 Å². The fourth-order valence-electron chi connectivity index (χ4n) is 4.33. The van der Waals surface area contributed by atoms with Crippen molar-refractivity contribution < 1.29 is 9.13 Å². The second-order valence-corrected chi connectivity index (χ2v) is 8.64. The average molecular weight is 431 g/mol. The van der Waals surface area contributed by atoms with Crippen LogP contribution in [0.15, 0.2) is 83.9 Å². The minimum atomic E-state index is -0.620. The van der Waals surface area contributed by atoms with Crippen LogP contribution in [0.4, 0.5) is 10.1 Å². The van der Waals surface area contributed by atoms with Gasteiger partial charge < -0.3 is 10.1 Å². The molecule has 2 aliphatic rings. The predicted octanol–water partition coefficient (Wildman–Crippen LogP) is 5.55. The molecule has 1 unspecified atom stereocenters. The Morgan fingerprint density at radius 3 is 2.19 bits per heavy atom. The van der Waals surface area contributed by atoms with Crippen LogP contribution in [0, 0.1) is 11.7 Å². The van der Waals surface area contributed by atoms with Crippen LogP contribution in [0.2, 0.25) is 0 Å². The second kappa shape index (κ2) is 8.33. The number of nitrogens with zero attached hydrogens (tertiary/aromatic N) is 1. The fraction of sp³-hybridized carbons (Fsp3) is 0.231. The van der Waals surface area contributed by atoms with Gasteiger partial charge in [-0.3, -0.25) is 0 Å².